The number of allylic oxidation sites excluding steroid dienone is 1. The lowest BCUT2D eigenvalue weighted by molar-refractivity contribution is -0.120. The SMILES string of the molecule is Cc1cccc(CC(=O)NCCC2=CCCCC2)c1. The van der Waals surface area contributed by atoms with Crippen LogP contribution < -0.4 is 5.32 Å². The van der Waals surface area contributed by atoms with Crippen molar-refractivity contribution in [3.05, 3.63) is 47.0 Å². The molecule has 102 valence electrons. The number of benzene rings is 1. The van der Waals surface area contributed by atoms with Gasteiger partial charge in [0, 0.05) is 6.54 Å². The van der Waals surface area contributed by atoms with E-state index in [1.165, 1.54) is 36.8 Å². The Morgan fingerprint density at radius 3 is 2.95 bits per heavy atom. The normalized spacial score (nSPS) is 14.9. The van der Waals surface area contributed by atoms with Gasteiger partial charge in [0.15, 0.2) is 0 Å². The minimum atomic E-state index is 0.127. The summed E-state index contributed by atoms with van der Waals surface area (Å²) in [4.78, 5) is 11.8. The molecule has 0 aromatic heterocycles. The van der Waals surface area contributed by atoms with E-state index in [9.17, 15) is 4.79 Å². The zero-order valence-corrected chi connectivity index (χ0v) is 11.7. The van der Waals surface area contributed by atoms with Crippen LogP contribution in [-0.4, -0.2) is 12.5 Å². The second kappa shape index (κ2) is 7.13. The van der Waals surface area contributed by atoms with E-state index in [1.54, 1.807) is 0 Å². The van der Waals surface area contributed by atoms with Gasteiger partial charge in [-0.1, -0.05) is 41.5 Å². The molecular weight excluding hydrogens is 234 g/mol. The second-order valence-electron chi connectivity index (χ2n) is 5.37. The lowest BCUT2D eigenvalue weighted by Crippen LogP contribution is -2.26. The average Bonchev–Trinajstić information content (AvgIpc) is 2.40. The van der Waals surface area contributed by atoms with Gasteiger partial charge in [-0.25, -0.2) is 0 Å². The van der Waals surface area contributed by atoms with Gasteiger partial charge in [-0.3, -0.25) is 4.79 Å². The Morgan fingerprint density at radius 1 is 1.32 bits per heavy atom. The molecule has 1 amide bonds. The first-order chi connectivity index (χ1) is 9.24. The van der Waals surface area contributed by atoms with Crippen molar-refractivity contribution in [2.75, 3.05) is 6.54 Å². The van der Waals surface area contributed by atoms with Gasteiger partial charge in [-0.15, -0.1) is 0 Å². The van der Waals surface area contributed by atoms with Crippen LogP contribution in [0.4, 0.5) is 0 Å². The van der Waals surface area contributed by atoms with Crippen LogP contribution >= 0.6 is 0 Å². The van der Waals surface area contributed by atoms with E-state index in [0.717, 1.165) is 18.5 Å². The molecule has 1 aliphatic carbocycles. The summed E-state index contributed by atoms with van der Waals surface area (Å²) in [6, 6.07) is 8.14. The van der Waals surface area contributed by atoms with Crippen LogP contribution in [0.1, 0.15) is 43.2 Å². The Bertz CT molecular complexity index is 462. The Kier molecular flexibility index (Phi) is 5.20. The van der Waals surface area contributed by atoms with Crippen LogP contribution in [0.3, 0.4) is 0 Å². The highest BCUT2D eigenvalue weighted by molar-refractivity contribution is 5.78. The van der Waals surface area contributed by atoms with Gasteiger partial charge in [0.25, 0.3) is 0 Å². The Labute approximate surface area is 115 Å². The molecule has 0 fully saturated rings. The number of carbonyl (C=O) groups excluding carboxylic acids is 1. The van der Waals surface area contributed by atoms with Gasteiger partial charge in [0.2, 0.25) is 5.91 Å². The summed E-state index contributed by atoms with van der Waals surface area (Å²) in [6.07, 6.45) is 8.91. The van der Waals surface area contributed by atoms with E-state index in [0.29, 0.717) is 6.42 Å². The van der Waals surface area contributed by atoms with Crippen LogP contribution in [0.2, 0.25) is 0 Å². The molecule has 2 rings (SSSR count). The summed E-state index contributed by atoms with van der Waals surface area (Å²) in [6.45, 7) is 2.83. The molecule has 2 heteroatoms. The van der Waals surface area contributed by atoms with Gasteiger partial charge >= 0.3 is 0 Å². The maximum Gasteiger partial charge on any atom is 0.224 e. The third-order valence-electron chi connectivity index (χ3n) is 3.60. The molecule has 0 spiro atoms. The fourth-order valence-electron chi connectivity index (χ4n) is 2.56. The molecule has 0 unspecified atom stereocenters. The van der Waals surface area contributed by atoms with E-state index in [4.69, 9.17) is 0 Å². The van der Waals surface area contributed by atoms with Crippen molar-refractivity contribution in [3.63, 3.8) is 0 Å². The minimum absolute atomic E-state index is 0.127. The predicted molar refractivity (Wildman–Crippen MR) is 79.1 cm³/mol. The zero-order chi connectivity index (χ0) is 13.5. The summed E-state index contributed by atoms with van der Waals surface area (Å²) >= 11 is 0. The number of rotatable bonds is 5. The Hall–Kier alpha value is -1.57. The molecule has 1 N–H and O–H groups in total. The summed E-state index contributed by atoms with van der Waals surface area (Å²) in [5, 5.41) is 3.02. The summed E-state index contributed by atoms with van der Waals surface area (Å²) < 4.78 is 0. The molecule has 1 aromatic rings. The van der Waals surface area contributed by atoms with Gasteiger partial charge in [0.05, 0.1) is 6.42 Å². The monoisotopic (exact) mass is 257 g/mol. The molecule has 0 bridgehead atoms. The summed E-state index contributed by atoms with van der Waals surface area (Å²) in [7, 11) is 0. The van der Waals surface area contributed by atoms with Crippen LogP contribution in [0.15, 0.2) is 35.9 Å². The van der Waals surface area contributed by atoms with E-state index in [1.807, 2.05) is 12.1 Å². The van der Waals surface area contributed by atoms with Gasteiger partial charge in [-0.05, 0) is 44.6 Å². The molecule has 19 heavy (non-hydrogen) atoms. The second-order valence-corrected chi connectivity index (χ2v) is 5.37. The molecule has 0 heterocycles. The maximum absolute atomic E-state index is 11.8. The summed E-state index contributed by atoms with van der Waals surface area (Å²) in [5.41, 5.74) is 3.81. The van der Waals surface area contributed by atoms with E-state index in [-0.39, 0.29) is 5.91 Å². The molecule has 1 aliphatic rings. The highest BCUT2D eigenvalue weighted by atomic mass is 16.1. The van der Waals surface area contributed by atoms with Crippen molar-refractivity contribution >= 4 is 5.91 Å². The third kappa shape index (κ3) is 4.90. The number of hydrogen-bond donors (Lipinski definition) is 1. The molecule has 0 saturated carbocycles. The Balaban J connectivity index is 1.71. The van der Waals surface area contributed by atoms with E-state index >= 15 is 0 Å². The fourth-order valence-corrected chi connectivity index (χ4v) is 2.56. The quantitative estimate of drug-likeness (QED) is 0.803. The molecular formula is C17H23NO. The third-order valence-corrected chi connectivity index (χ3v) is 3.60. The standard InChI is InChI=1S/C17H23NO/c1-14-6-5-9-16(12-14)13-17(19)18-11-10-15-7-3-2-4-8-15/h5-7,9,12H,2-4,8,10-11,13H2,1H3,(H,18,19). The van der Waals surface area contributed by atoms with E-state index < -0.39 is 0 Å². The molecule has 0 atom stereocenters. The number of nitrogens with one attached hydrogen (secondary N) is 1. The lowest BCUT2D eigenvalue weighted by atomic mass is 9.97. The predicted octanol–water partition coefficient (Wildman–Crippen LogP) is 3.54. The molecule has 0 radical (unpaired) electrons. The van der Waals surface area contributed by atoms with Crippen LogP contribution in [0, 0.1) is 6.92 Å². The van der Waals surface area contributed by atoms with E-state index in [2.05, 4.69) is 30.4 Å². The number of hydrogen-bond acceptors (Lipinski definition) is 1. The van der Waals surface area contributed by atoms with Gasteiger partial charge < -0.3 is 5.32 Å². The van der Waals surface area contributed by atoms with Crippen molar-refractivity contribution < 1.29 is 4.79 Å². The fraction of sp³-hybridized carbons (Fsp3) is 0.471. The molecule has 0 aliphatic heterocycles. The molecule has 1 aromatic carbocycles. The maximum atomic E-state index is 11.8. The first-order valence-electron chi connectivity index (χ1n) is 7.24. The number of carbonyl (C=O) groups is 1. The molecule has 2 nitrogen and oxygen atoms in total. The first-order valence-corrected chi connectivity index (χ1v) is 7.24. The Morgan fingerprint density at radius 2 is 2.21 bits per heavy atom. The van der Waals surface area contributed by atoms with Gasteiger partial charge in [-0.2, -0.15) is 0 Å². The van der Waals surface area contributed by atoms with Crippen molar-refractivity contribution in [2.45, 2.75) is 45.4 Å². The highest BCUT2D eigenvalue weighted by Gasteiger charge is 2.06. The minimum Gasteiger partial charge on any atom is -0.355 e. The zero-order valence-electron chi connectivity index (χ0n) is 11.7. The first kappa shape index (κ1) is 13.9. The number of amides is 1. The van der Waals surface area contributed by atoms with Crippen molar-refractivity contribution in [1.29, 1.82) is 0 Å². The lowest BCUT2D eigenvalue weighted by Gasteiger charge is -2.13. The topological polar surface area (TPSA) is 29.1 Å². The molecule has 0 saturated heterocycles. The van der Waals surface area contributed by atoms with Crippen LogP contribution in [0.25, 0.3) is 0 Å². The number of aryl methyl sites for hydroxylation is 1. The van der Waals surface area contributed by atoms with Crippen molar-refractivity contribution in [3.8, 4) is 0 Å². The average molecular weight is 257 g/mol. The largest absolute Gasteiger partial charge is 0.355 e. The smallest absolute Gasteiger partial charge is 0.224 e. The van der Waals surface area contributed by atoms with Crippen molar-refractivity contribution in [1.82, 2.24) is 5.32 Å². The summed E-state index contributed by atoms with van der Waals surface area (Å²) in [5.74, 6) is 0.127. The van der Waals surface area contributed by atoms with Crippen molar-refractivity contribution in [2.24, 2.45) is 0 Å². The van der Waals surface area contributed by atoms with Crippen LogP contribution in [0.5, 0.6) is 0 Å². The van der Waals surface area contributed by atoms with Gasteiger partial charge in [0.1, 0.15) is 0 Å². The van der Waals surface area contributed by atoms with Crippen LogP contribution in [-0.2, 0) is 11.2 Å². The highest BCUT2D eigenvalue weighted by Crippen LogP contribution is 2.19.